The zero-order valence-corrected chi connectivity index (χ0v) is 13.9. The number of halogens is 1. The van der Waals surface area contributed by atoms with Crippen molar-refractivity contribution in [2.24, 2.45) is 4.99 Å². The number of hydrogen-bond donors (Lipinski definition) is 1. The number of benzene rings is 3. The molecule has 0 saturated carbocycles. The van der Waals surface area contributed by atoms with Gasteiger partial charge < -0.3 is 4.98 Å². The van der Waals surface area contributed by atoms with Crippen molar-refractivity contribution in [2.45, 2.75) is 0 Å². The van der Waals surface area contributed by atoms with Crippen LogP contribution in [0.25, 0.3) is 22.0 Å². The molecule has 0 spiro atoms. The molecular weight excluding hydrogens is 323 g/mol. The number of hydrogen-bond acceptors (Lipinski definition) is 1. The summed E-state index contributed by atoms with van der Waals surface area (Å²) >= 11 is 0. The van der Waals surface area contributed by atoms with Gasteiger partial charge in [0.15, 0.2) is 0 Å². The van der Waals surface area contributed by atoms with Gasteiger partial charge in [0.25, 0.3) is 0 Å². The average Bonchev–Trinajstić information content (AvgIpc) is 3.29. The van der Waals surface area contributed by atoms with E-state index < -0.39 is 0 Å². The van der Waals surface area contributed by atoms with Gasteiger partial charge in [0.1, 0.15) is 5.82 Å². The van der Waals surface area contributed by atoms with Crippen LogP contribution in [-0.4, -0.2) is 11.2 Å². The van der Waals surface area contributed by atoms with Crippen molar-refractivity contribution in [3.63, 3.8) is 0 Å². The highest BCUT2D eigenvalue weighted by Crippen LogP contribution is 2.41. The summed E-state index contributed by atoms with van der Waals surface area (Å²) in [7, 11) is 0. The number of nitrogens with one attached hydrogen (secondary N) is 1. The fraction of sp³-hybridized carbons (Fsp3) is 0. The van der Waals surface area contributed by atoms with Crippen LogP contribution >= 0.6 is 0 Å². The molecule has 0 aliphatic carbocycles. The van der Waals surface area contributed by atoms with Crippen LogP contribution in [-0.2, 0) is 0 Å². The summed E-state index contributed by atoms with van der Waals surface area (Å²) in [6.07, 6.45) is 3.79. The lowest BCUT2D eigenvalue weighted by atomic mass is 9.90. The number of fused-ring (bicyclic) bond motifs is 2. The first-order valence-corrected chi connectivity index (χ1v) is 8.52. The zero-order chi connectivity index (χ0) is 17.5. The Kier molecular flexibility index (Phi) is 3.32. The van der Waals surface area contributed by atoms with E-state index in [1.54, 1.807) is 6.07 Å². The monoisotopic (exact) mass is 338 g/mol. The number of nitrogens with zero attached hydrogens (tertiary/aromatic N) is 1. The maximum absolute atomic E-state index is 14.8. The molecule has 0 amide bonds. The number of allylic oxidation sites excluding steroid dienone is 1. The number of H-pyrrole nitrogens is 1. The van der Waals surface area contributed by atoms with Gasteiger partial charge in [-0.05, 0) is 18.2 Å². The van der Waals surface area contributed by atoms with E-state index in [2.05, 4.69) is 16.0 Å². The van der Waals surface area contributed by atoms with Crippen LogP contribution in [0.1, 0.15) is 16.7 Å². The Morgan fingerprint density at radius 3 is 2.50 bits per heavy atom. The summed E-state index contributed by atoms with van der Waals surface area (Å²) in [5.41, 5.74) is 6.32. The van der Waals surface area contributed by atoms with Crippen molar-refractivity contribution >= 4 is 34.0 Å². The summed E-state index contributed by atoms with van der Waals surface area (Å²) < 4.78 is 14.8. The molecule has 3 heteroatoms. The van der Waals surface area contributed by atoms with Gasteiger partial charge in [-0.15, -0.1) is 0 Å². The Morgan fingerprint density at radius 2 is 1.58 bits per heavy atom. The van der Waals surface area contributed by atoms with Gasteiger partial charge in [-0.1, -0.05) is 54.6 Å². The second kappa shape index (κ2) is 5.81. The molecule has 0 atom stereocenters. The average molecular weight is 338 g/mol. The SMILES string of the molecule is Fc1ccccc1C(=C1C=Nc2ccccc21)c1c[nH]c2ccccc12. The first kappa shape index (κ1) is 14.8. The van der Waals surface area contributed by atoms with Crippen molar-refractivity contribution in [1.29, 1.82) is 0 Å². The maximum Gasteiger partial charge on any atom is 0.131 e. The standard InChI is InChI=1S/C23H15FN2/c24-20-10-4-1-9-17(20)23(18-13-25-21-11-5-2-7-15(18)21)19-14-26-22-12-6-3-8-16(19)22/h1-14,25H. The van der Waals surface area contributed by atoms with Gasteiger partial charge in [0.2, 0.25) is 0 Å². The van der Waals surface area contributed by atoms with Crippen LogP contribution in [0.2, 0.25) is 0 Å². The predicted molar refractivity (Wildman–Crippen MR) is 105 cm³/mol. The summed E-state index contributed by atoms with van der Waals surface area (Å²) in [5, 5.41) is 1.07. The van der Waals surface area contributed by atoms with Crippen LogP contribution in [0.5, 0.6) is 0 Å². The molecule has 2 nitrogen and oxygen atoms in total. The third kappa shape index (κ3) is 2.21. The normalized spacial score (nSPS) is 14.7. The molecule has 4 aromatic rings. The predicted octanol–water partition coefficient (Wildman–Crippen LogP) is 5.98. The van der Waals surface area contributed by atoms with Gasteiger partial charge in [0, 0.05) is 51.2 Å². The smallest absolute Gasteiger partial charge is 0.131 e. The second-order valence-corrected chi connectivity index (χ2v) is 6.29. The van der Waals surface area contributed by atoms with Gasteiger partial charge in [-0.25, -0.2) is 4.39 Å². The minimum atomic E-state index is -0.238. The fourth-order valence-corrected chi connectivity index (χ4v) is 3.59. The third-order valence-corrected chi connectivity index (χ3v) is 4.80. The van der Waals surface area contributed by atoms with E-state index in [0.29, 0.717) is 5.56 Å². The van der Waals surface area contributed by atoms with E-state index in [1.807, 2.05) is 67.0 Å². The quantitative estimate of drug-likeness (QED) is 0.465. The molecule has 1 aliphatic rings. The van der Waals surface area contributed by atoms with Crippen molar-refractivity contribution in [3.8, 4) is 0 Å². The number of aliphatic imine (C=N–C) groups is 1. The Labute approximate surface area is 150 Å². The minimum absolute atomic E-state index is 0.238. The Hall–Kier alpha value is -3.46. The van der Waals surface area contributed by atoms with Gasteiger partial charge in [0.05, 0.1) is 5.69 Å². The molecule has 1 N–H and O–H groups in total. The summed E-state index contributed by atoms with van der Waals surface area (Å²) in [5.74, 6) is -0.238. The molecule has 0 bridgehead atoms. The first-order chi connectivity index (χ1) is 12.8. The molecule has 0 radical (unpaired) electrons. The molecule has 5 rings (SSSR count). The third-order valence-electron chi connectivity index (χ3n) is 4.80. The molecular formula is C23H15FN2. The topological polar surface area (TPSA) is 28.1 Å². The van der Waals surface area contributed by atoms with E-state index in [9.17, 15) is 4.39 Å². The number of aromatic amines is 1. The van der Waals surface area contributed by atoms with Crippen LogP contribution in [0, 0.1) is 5.82 Å². The Bertz CT molecular complexity index is 1200. The van der Waals surface area contributed by atoms with Crippen molar-refractivity contribution in [2.75, 3.05) is 0 Å². The maximum atomic E-state index is 14.8. The van der Waals surface area contributed by atoms with E-state index in [1.165, 1.54) is 6.07 Å². The molecule has 124 valence electrons. The summed E-state index contributed by atoms with van der Waals surface area (Å²) in [6.45, 7) is 0. The Morgan fingerprint density at radius 1 is 0.808 bits per heavy atom. The molecule has 1 aliphatic heterocycles. The lowest BCUT2D eigenvalue weighted by Gasteiger charge is -2.12. The molecule has 0 unspecified atom stereocenters. The highest BCUT2D eigenvalue weighted by atomic mass is 19.1. The summed E-state index contributed by atoms with van der Waals surface area (Å²) in [4.78, 5) is 7.84. The molecule has 26 heavy (non-hydrogen) atoms. The lowest BCUT2D eigenvalue weighted by molar-refractivity contribution is 0.624. The summed E-state index contributed by atoms with van der Waals surface area (Å²) in [6, 6.07) is 23.0. The highest BCUT2D eigenvalue weighted by molar-refractivity contribution is 6.27. The molecule has 3 aromatic carbocycles. The number of aromatic nitrogens is 1. The molecule has 0 fully saturated rings. The van der Waals surface area contributed by atoms with Gasteiger partial charge in [-0.2, -0.15) is 0 Å². The van der Waals surface area contributed by atoms with E-state index >= 15 is 0 Å². The molecule has 2 heterocycles. The van der Waals surface area contributed by atoms with E-state index in [0.717, 1.165) is 38.9 Å². The van der Waals surface area contributed by atoms with Crippen LogP contribution < -0.4 is 0 Å². The second-order valence-electron chi connectivity index (χ2n) is 6.29. The Balaban J connectivity index is 1.88. The number of rotatable bonds is 2. The minimum Gasteiger partial charge on any atom is -0.361 e. The van der Waals surface area contributed by atoms with E-state index in [-0.39, 0.29) is 5.82 Å². The highest BCUT2D eigenvalue weighted by Gasteiger charge is 2.22. The van der Waals surface area contributed by atoms with Crippen LogP contribution in [0.4, 0.5) is 10.1 Å². The number of para-hydroxylation sites is 2. The van der Waals surface area contributed by atoms with Gasteiger partial charge in [-0.3, -0.25) is 4.99 Å². The van der Waals surface area contributed by atoms with Gasteiger partial charge >= 0.3 is 0 Å². The first-order valence-electron chi connectivity index (χ1n) is 8.52. The molecule has 0 saturated heterocycles. The lowest BCUT2D eigenvalue weighted by Crippen LogP contribution is -1.96. The van der Waals surface area contributed by atoms with Crippen LogP contribution in [0.15, 0.2) is 84.0 Å². The van der Waals surface area contributed by atoms with Crippen LogP contribution in [0.3, 0.4) is 0 Å². The zero-order valence-electron chi connectivity index (χ0n) is 13.9. The van der Waals surface area contributed by atoms with Crippen molar-refractivity contribution < 1.29 is 4.39 Å². The van der Waals surface area contributed by atoms with E-state index in [4.69, 9.17) is 0 Å². The van der Waals surface area contributed by atoms with Crippen molar-refractivity contribution in [3.05, 3.63) is 102 Å². The van der Waals surface area contributed by atoms with Crippen molar-refractivity contribution in [1.82, 2.24) is 4.98 Å². The fourth-order valence-electron chi connectivity index (χ4n) is 3.59. The molecule has 1 aromatic heterocycles. The largest absolute Gasteiger partial charge is 0.361 e.